The van der Waals surface area contributed by atoms with Crippen LogP contribution < -0.4 is 10.5 Å². The molecule has 16 heavy (non-hydrogen) atoms. The van der Waals surface area contributed by atoms with Gasteiger partial charge in [-0.2, -0.15) is 0 Å². The highest BCUT2D eigenvalue weighted by molar-refractivity contribution is 5.45. The van der Waals surface area contributed by atoms with E-state index in [9.17, 15) is 0 Å². The lowest BCUT2D eigenvalue weighted by Crippen LogP contribution is -2.14. The fourth-order valence-corrected chi connectivity index (χ4v) is 2.18. The highest BCUT2D eigenvalue weighted by Gasteiger charge is 2.15. The lowest BCUT2D eigenvalue weighted by molar-refractivity contribution is 0.396. The van der Waals surface area contributed by atoms with Crippen LogP contribution in [0, 0.1) is 19.8 Å². The van der Waals surface area contributed by atoms with Gasteiger partial charge < -0.3 is 10.5 Å². The number of benzene rings is 1. The minimum Gasteiger partial charge on any atom is -0.496 e. The molecule has 1 aromatic rings. The Bertz CT molecular complexity index is 358. The van der Waals surface area contributed by atoms with Crippen molar-refractivity contribution in [2.45, 2.75) is 40.2 Å². The van der Waals surface area contributed by atoms with E-state index >= 15 is 0 Å². The molecule has 0 radical (unpaired) electrons. The van der Waals surface area contributed by atoms with E-state index in [2.05, 4.69) is 39.8 Å². The molecule has 1 unspecified atom stereocenters. The maximum atomic E-state index is 6.23. The first-order valence-electron chi connectivity index (χ1n) is 5.86. The smallest absolute Gasteiger partial charge is 0.126 e. The first kappa shape index (κ1) is 13.0. The Morgan fingerprint density at radius 3 is 2.38 bits per heavy atom. The lowest BCUT2D eigenvalue weighted by atomic mass is 9.94. The van der Waals surface area contributed by atoms with Crippen LogP contribution in [0.1, 0.15) is 43.0 Å². The summed E-state index contributed by atoms with van der Waals surface area (Å²) in [4.78, 5) is 0. The maximum absolute atomic E-state index is 6.23. The van der Waals surface area contributed by atoms with E-state index in [-0.39, 0.29) is 6.04 Å². The van der Waals surface area contributed by atoms with Crippen molar-refractivity contribution >= 4 is 0 Å². The van der Waals surface area contributed by atoms with Gasteiger partial charge in [0.15, 0.2) is 0 Å². The molecule has 0 aliphatic carbocycles. The first-order valence-corrected chi connectivity index (χ1v) is 5.86. The molecule has 2 nitrogen and oxygen atoms in total. The van der Waals surface area contributed by atoms with Crippen LogP contribution in [0.25, 0.3) is 0 Å². The molecule has 0 fully saturated rings. The second-order valence-electron chi connectivity index (χ2n) is 4.94. The summed E-state index contributed by atoms with van der Waals surface area (Å²) >= 11 is 0. The van der Waals surface area contributed by atoms with Crippen LogP contribution >= 0.6 is 0 Å². The van der Waals surface area contributed by atoms with E-state index in [1.165, 1.54) is 5.56 Å². The van der Waals surface area contributed by atoms with E-state index in [1.807, 2.05) is 0 Å². The molecule has 1 aromatic carbocycles. The third kappa shape index (κ3) is 2.99. The molecule has 0 aliphatic heterocycles. The Morgan fingerprint density at radius 2 is 1.88 bits per heavy atom. The first-order chi connectivity index (χ1) is 7.45. The molecule has 90 valence electrons. The molecule has 0 amide bonds. The third-order valence-electron chi connectivity index (χ3n) is 2.78. The predicted octanol–water partition coefficient (Wildman–Crippen LogP) is 3.36. The van der Waals surface area contributed by atoms with Gasteiger partial charge in [-0.25, -0.2) is 0 Å². The van der Waals surface area contributed by atoms with Crippen LogP contribution in [0.3, 0.4) is 0 Å². The maximum Gasteiger partial charge on any atom is 0.126 e. The Morgan fingerprint density at radius 1 is 1.25 bits per heavy atom. The second-order valence-corrected chi connectivity index (χ2v) is 4.94. The number of methoxy groups -OCH3 is 1. The molecule has 0 bridgehead atoms. The van der Waals surface area contributed by atoms with Gasteiger partial charge in [-0.15, -0.1) is 0 Å². The van der Waals surface area contributed by atoms with Gasteiger partial charge in [-0.3, -0.25) is 0 Å². The highest BCUT2D eigenvalue weighted by Crippen LogP contribution is 2.31. The zero-order valence-corrected chi connectivity index (χ0v) is 11.0. The van der Waals surface area contributed by atoms with Crippen LogP contribution in [0.2, 0.25) is 0 Å². The van der Waals surface area contributed by atoms with Crippen molar-refractivity contribution in [1.82, 2.24) is 0 Å². The van der Waals surface area contributed by atoms with Gasteiger partial charge in [-0.1, -0.05) is 31.5 Å². The topological polar surface area (TPSA) is 35.2 Å². The van der Waals surface area contributed by atoms with Crippen molar-refractivity contribution < 1.29 is 4.74 Å². The second kappa shape index (κ2) is 5.35. The molecule has 1 rings (SSSR count). The summed E-state index contributed by atoms with van der Waals surface area (Å²) < 4.78 is 5.45. The summed E-state index contributed by atoms with van der Waals surface area (Å²) in [6.45, 7) is 8.54. The van der Waals surface area contributed by atoms with Gasteiger partial charge in [0.1, 0.15) is 5.75 Å². The van der Waals surface area contributed by atoms with Gasteiger partial charge in [-0.05, 0) is 31.7 Å². The zero-order valence-electron chi connectivity index (χ0n) is 11.0. The third-order valence-corrected chi connectivity index (χ3v) is 2.78. The molecule has 0 aliphatic rings. The van der Waals surface area contributed by atoms with Crippen molar-refractivity contribution in [3.63, 3.8) is 0 Å². The van der Waals surface area contributed by atoms with Crippen LogP contribution in [0.15, 0.2) is 12.1 Å². The Balaban J connectivity index is 3.10. The summed E-state index contributed by atoms with van der Waals surface area (Å²) in [7, 11) is 1.71. The summed E-state index contributed by atoms with van der Waals surface area (Å²) in [5, 5.41) is 0. The van der Waals surface area contributed by atoms with Crippen LogP contribution in [0.4, 0.5) is 0 Å². The minimum absolute atomic E-state index is 0.0635. The summed E-state index contributed by atoms with van der Waals surface area (Å²) in [6, 6.07) is 4.33. The van der Waals surface area contributed by atoms with E-state index in [0.29, 0.717) is 5.92 Å². The number of hydrogen-bond acceptors (Lipinski definition) is 2. The summed E-state index contributed by atoms with van der Waals surface area (Å²) in [6.07, 6.45) is 0.985. The van der Waals surface area contributed by atoms with Crippen molar-refractivity contribution in [2.75, 3.05) is 7.11 Å². The van der Waals surface area contributed by atoms with E-state index < -0.39 is 0 Å². The average molecular weight is 221 g/mol. The quantitative estimate of drug-likeness (QED) is 0.846. The number of nitrogens with two attached hydrogens (primary N) is 1. The Hall–Kier alpha value is -1.02. The average Bonchev–Trinajstić information content (AvgIpc) is 2.15. The number of aryl methyl sites for hydroxylation is 2. The molecule has 0 spiro atoms. The van der Waals surface area contributed by atoms with Gasteiger partial charge in [0.2, 0.25) is 0 Å². The van der Waals surface area contributed by atoms with Crippen molar-refractivity contribution in [2.24, 2.45) is 11.7 Å². The molecule has 2 N–H and O–H groups in total. The molecule has 0 heterocycles. The number of rotatable bonds is 4. The largest absolute Gasteiger partial charge is 0.496 e. The SMILES string of the molecule is COc1c(C)cc(C)cc1C(N)CC(C)C. The fourth-order valence-electron chi connectivity index (χ4n) is 2.18. The molecule has 0 saturated heterocycles. The Labute approximate surface area is 98.8 Å². The van der Waals surface area contributed by atoms with Gasteiger partial charge in [0.05, 0.1) is 7.11 Å². The van der Waals surface area contributed by atoms with E-state index in [1.54, 1.807) is 7.11 Å². The highest BCUT2D eigenvalue weighted by atomic mass is 16.5. The number of hydrogen-bond donors (Lipinski definition) is 1. The molecule has 1 atom stereocenters. The van der Waals surface area contributed by atoms with Gasteiger partial charge >= 0.3 is 0 Å². The normalized spacial score (nSPS) is 12.9. The van der Waals surface area contributed by atoms with Crippen molar-refractivity contribution in [3.8, 4) is 5.75 Å². The Kier molecular flexibility index (Phi) is 4.36. The molecular formula is C14H23NO. The van der Waals surface area contributed by atoms with Crippen LogP contribution in [0.5, 0.6) is 5.75 Å². The molecular weight excluding hydrogens is 198 g/mol. The molecule has 0 aromatic heterocycles. The molecule has 0 saturated carbocycles. The standard InChI is InChI=1S/C14H23NO/c1-9(2)6-13(15)12-8-10(3)7-11(4)14(12)16-5/h7-9,13H,6,15H2,1-5H3. The minimum atomic E-state index is 0.0635. The predicted molar refractivity (Wildman–Crippen MR) is 68.9 cm³/mol. The van der Waals surface area contributed by atoms with Gasteiger partial charge in [0, 0.05) is 11.6 Å². The van der Waals surface area contributed by atoms with E-state index in [4.69, 9.17) is 10.5 Å². The monoisotopic (exact) mass is 221 g/mol. The lowest BCUT2D eigenvalue weighted by Gasteiger charge is -2.19. The fraction of sp³-hybridized carbons (Fsp3) is 0.571. The van der Waals surface area contributed by atoms with E-state index in [0.717, 1.165) is 23.3 Å². The van der Waals surface area contributed by atoms with Gasteiger partial charge in [0.25, 0.3) is 0 Å². The van der Waals surface area contributed by atoms with Crippen LogP contribution in [-0.2, 0) is 0 Å². The summed E-state index contributed by atoms with van der Waals surface area (Å²) in [5.41, 5.74) is 9.77. The van der Waals surface area contributed by atoms with Crippen LogP contribution in [-0.4, -0.2) is 7.11 Å². The number of ether oxygens (including phenoxy) is 1. The zero-order chi connectivity index (χ0) is 12.3. The van der Waals surface area contributed by atoms with Crippen molar-refractivity contribution in [3.05, 3.63) is 28.8 Å². The molecule has 2 heteroatoms. The summed E-state index contributed by atoms with van der Waals surface area (Å²) in [5.74, 6) is 1.54. The van der Waals surface area contributed by atoms with Crippen molar-refractivity contribution in [1.29, 1.82) is 0 Å².